The van der Waals surface area contributed by atoms with E-state index in [4.69, 9.17) is 0 Å². The standard InChI is InChI=1S/C14H13BrFN/c15-13-5-1-3-11(7-13)9-17-10-12-4-2-6-14(16)8-12/h1-8,17H,9-10H2. The Kier molecular flexibility index (Phi) is 4.29. The summed E-state index contributed by atoms with van der Waals surface area (Å²) in [7, 11) is 0. The summed E-state index contributed by atoms with van der Waals surface area (Å²) in [5, 5.41) is 3.28. The molecule has 3 heteroatoms. The van der Waals surface area contributed by atoms with Crippen LogP contribution in [0.2, 0.25) is 0 Å². The summed E-state index contributed by atoms with van der Waals surface area (Å²) in [5.74, 6) is -0.188. The Bertz CT molecular complexity index is 454. The molecule has 2 rings (SSSR count). The first-order valence-electron chi connectivity index (χ1n) is 5.43. The van der Waals surface area contributed by atoms with E-state index < -0.39 is 0 Å². The van der Waals surface area contributed by atoms with Gasteiger partial charge in [0, 0.05) is 17.6 Å². The number of hydrogen-bond acceptors (Lipinski definition) is 1. The predicted molar refractivity (Wildman–Crippen MR) is 71.1 cm³/mol. The fourth-order valence-corrected chi connectivity index (χ4v) is 2.09. The number of nitrogens with one attached hydrogen (secondary N) is 1. The molecule has 0 aliphatic heterocycles. The SMILES string of the molecule is Fc1cccc(CNCc2cccc(Br)c2)c1. The smallest absolute Gasteiger partial charge is 0.123 e. The van der Waals surface area contributed by atoms with Crippen molar-refractivity contribution in [3.63, 3.8) is 0 Å². The van der Waals surface area contributed by atoms with Crippen molar-refractivity contribution in [2.24, 2.45) is 0 Å². The molecule has 17 heavy (non-hydrogen) atoms. The molecule has 0 bridgehead atoms. The van der Waals surface area contributed by atoms with E-state index in [0.717, 1.165) is 16.6 Å². The Hall–Kier alpha value is -1.19. The van der Waals surface area contributed by atoms with Crippen LogP contribution in [0.3, 0.4) is 0 Å². The van der Waals surface area contributed by atoms with Crippen molar-refractivity contribution in [2.75, 3.05) is 0 Å². The molecule has 88 valence electrons. The van der Waals surface area contributed by atoms with Gasteiger partial charge in [-0.15, -0.1) is 0 Å². The lowest BCUT2D eigenvalue weighted by Gasteiger charge is -2.05. The molecule has 0 radical (unpaired) electrons. The molecule has 0 atom stereocenters. The van der Waals surface area contributed by atoms with Gasteiger partial charge in [-0.3, -0.25) is 0 Å². The quantitative estimate of drug-likeness (QED) is 0.902. The fourth-order valence-electron chi connectivity index (χ4n) is 1.65. The predicted octanol–water partition coefficient (Wildman–Crippen LogP) is 3.88. The second kappa shape index (κ2) is 5.94. The molecule has 0 aromatic heterocycles. The van der Waals surface area contributed by atoms with Gasteiger partial charge in [0.05, 0.1) is 0 Å². The van der Waals surface area contributed by atoms with Crippen molar-refractivity contribution in [2.45, 2.75) is 13.1 Å². The van der Waals surface area contributed by atoms with E-state index in [1.807, 2.05) is 18.2 Å². The number of rotatable bonds is 4. The Morgan fingerprint density at radius 2 is 1.59 bits per heavy atom. The molecule has 0 unspecified atom stereocenters. The van der Waals surface area contributed by atoms with Crippen molar-refractivity contribution in [1.82, 2.24) is 5.32 Å². The summed E-state index contributed by atoms with van der Waals surface area (Å²) in [6.07, 6.45) is 0. The van der Waals surface area contributed by atoms with Gasteiger partial charge in [0.2, 0.25) is 0 Å². The van der Waals surface area contributed by atoms with E-state index in [1.54, 1.807) is 12.1 Å². The van der Waals surface area contributed by atoms with Gasteiger partial charge in [-0.1, -0.05) is 40.2 Å². The zero-order chi connectivity index (χ0) is 12.1. The molecule has 1 N–H and O–H groups in total. The van der Waals surface area contributed by atoms with Crippen molar-refractivity contribution < 1.29 is 4.39 Å². The first kappa shape index (κ1) is 12.3. The second-order valence-electron chi connectivity index (χ2n) is 3.86. The third-order valence-electron chi connectivity index (χ3n) is 2.44. The molecule has 0 aliphatic carbocycles. The highest BCUT2D eigenvalue weighted by molar-refractivity contribution is 9.10. The maximum Gasteiger partial charge on any atom is 0.123 e. The molecular weight excluding hydrogens is 281 g/mol. The van der Waals surface area contributed by atoms with Gasteiger partial charge in [-0.2, -0.15) is 0 Å². The monoisotopic (exact) mass is 293 g/mol. The van der Waals surface area contributed by atoms with Gasteiger partial charge in [0.15, 0.2) is 0 Å². The van der Waals surface area contributed by atoms with Crippen LogP contribution in [0.5, 0.6) is 0 Å². The van der Waals surface area contributed by atoms with Gasteiger partial charge < -0.3 is 5.32 Å². The molecule has 0 spiro atoms. The lowest BCUT2D eigenvalue weighted by Crippen LogP contribution is -2.12. The Morgan fingerprint density at radius 1 is 0.941 bits per heavy atom. The summed E-state index contributed by atoms with van der Waals surface area (Å²) >= 11 is 3.43. The first-order valence-corrected chi connectivity index (χ1v) is 6.23. The van der Waals surface area contributed by atoms with Crippen LogP contribution < -0.4 is 5.32 Å². The number of halogens is 2. The van der Waals surface area contributed by atoms with E-state index in [2.05, 4.69) is 33.4 Å². The van der Waals surface area contributed by atoms with Gasteiger partial charge in [-0.25, -0.2) is 4.39 Å². The average Bonchev–Trinajstić information content (AvgIpc) is 2.29. The molecule has 0 amide bonds. The third-order valence-corrected chi connectivity index (χ3v) is 2.93. The minimum Gasteiger partial charge on any atom is -0.309 e. The Morgan fingerprint density at radius 3 is 2.24 bits per heavy atom. The fraction of sp³-hybridized carbons (Fsp3) is 0.143. The molecule has 0 heterocycles. The zero-order valence-corrected chi connectivity index (χ0v) is 10.9. The van der Waals surface area contributed by atoms with E-state index >= 15 is 0 Å². The van der Waals surface area contributed by atoms with Crippen LogP contribution >= 0.6 is 15.9 Å². The second-order valence-corrected chi connectivity index (χ2v) is 4.78. The molecule has 0 saturated heterocycles. The lowest BCUT2D eigenvalue weighted by atomic mass is 10.2. The van der Waals surface area contributed by atoms with Crippen molar-refractivity contribution in [1.29, 1.82) is 0 Å². The van der Waals surface area contributed by atoms with Crippen molar-refractivity contribution in [3.8, 4) is 0 Å². The van der Waals surface area contributed by atoms with Crippen LogP contribution in [-0.4, -0.2) is 0 Å². The minimum absolute atomic E-state index is 0.188. The first-order chi connectivity index (χ1) is 8.24. The summed E-state index contributed by atoms with van der Waals surface area (Å²) < 4.78 is 14.0. The third kappa shape index (κ3) is 3.95. The maximum absolute atomic E-state index is 12.9. The van der Waals surface area contributed by atoms with Crippen molar-refractivity contribution in [3.05, 3.63) is 69.9 Å². The Balaban J connectivity index is 1.87. The van der Waals surface area contributed by atoms with Gasteiger partial charge >= 0.3 is 0 Å². The summed E-state index contributed by atoms with van der Waals surface area (Å²) in [4.78, 5) is 0. The van der Waals surface area contributed by atoms with Crippen LogP contribution in [-0.2, 0) is 13.1 Å². The topological polar surface area (TPSA) is 12.0 Å². The van der Waals surface area contributed by atoms with Crippen LogP contribution in [0.1, 0.15) is 11.1 Å². The van der Waals surface area contributed by atoms with E-state index in [9.17, 15) is 4.39 Å². The Labute approximate surface area is 109 Å². The highest BCUT2D eigenvalue weighted by Crippen LogP contribution is 2.11. The molecule has 0 fully saturated rings. The molecule has 1 nitrogen and oxygen atoms in total. The minimum atomic E-state index is -0.188. The molecule has 2 aromatic carbocycles. The lowest BCUT2D eigenvalue weighted by molar-refractivity contribution is 0.620. The van der Waals surface area contributed by atoms with Crippen LogP contribution in [0.4, 0.5) is 4.39 Å². The number of benzene rings is 2. The molecule has 2 aromatic rings. The van der Waals surface area contributed by atoms with Crippen LogP contribution in [0.25, 0.3) is 0 Å². The molecular formula is C14H13BrFN. The summed E-state index contributed by atoms with van der Waals surface area (Å²) in [6.45, 7) is 1.44. The van der Waals surface area contributed by atoms with Crippen LogP contribution in [0, 0.1) is 5.82 Å². The molecule has 0 saturated carbocycles. The summed E-state index contributed by atoms with van der Waals surface area (Å²) in [6, 6.07) is 14.8. The summed E-state index contributed by atoms with van der Waals surface area (Å²) in [5.41, 5.74) is 2.16. The maximum atomic E-state index is 12.9. The van der Waals surface area contributed by atoms with Gasteiger partial charge in [0.1, 0.15) is 5.82 Å². The highest BCUT2D eigenvalue weighted by atomic mass is 79.9. The highest BCUT2D eigenvalue weighted by Gasteiger charge is 1.96. The van der Waals surface area contributed by atoms with Gasteiger partial charge in [0.25, 0.3) is 0 Å². The number of hydrogen-bond donors (Lipinski definition) is 1. The zero-order valence-electron chi connectivity index (χ0n) is 9.29. The molecule has 0 aliphatic rings. The van der Waals surface area contributed by atoms with E-state index in [0.29, 0.717) is 6.54 Å². The van der Waals surface area contributed by atoms with Crippen LogP contribution in [0.15, 0.2) is 53.0 Å². The van der Waals surface area contributed by atoms with Crippen molar-refractivity contribution >= 4 is 15.9 Å². The van der Waals surface area contributed by atoms with E-state index in [-0.39, 0.29) is 5.82 Å². The van der Waals surface area contributed by atoms with E-state index in [1.165, 1.54) is 11.6 Å². The largest absolute Gasteiger partial charge is 0.309 e. The van der Waals surface area contributed by atoms with Gasteiger partial charge in [-0.05, 0) is 35.4 Å². The average molecular weight is 294 g/mol. The normalized spacial score (nSPS) is 10.5.